The van der Waals surface area contributed by atoms with Gasteiger partial charge in [-0.3, -0.25) is 19.1 Å². The highest BCUT2D eigenvalue weighted by Crippen LogP contribution is 2.24. The van der Waals surface area contributed by atoms with Crippen LogP contribution >= 0.6 is 11.6 Å². The smallest absolute Gasteiger partial charge is 0.330 e. The second-order valence-electron chi connectivity index (χ2n) is 5.61. The number of nitrogens with one attached hydrogen (secondary N) is 1. The normalized spacial score (nSPS) is 10.8. The molecule has 0 aliphatic rings. The number of H-pyrrole nitrogens is 1. The minimum absolute atomic E-state index is 0.207. The molecule has 0 radical (unpaired) electrons. The third-order valence-corrected chi connectivity index (χ3v) is 4.14. The summed E-state index contributed by atoms with van der Waals surface area (Å²) in [6, 6.07) is 1.29. The Bertz CT molecular complexity index is 971. The van der Waals surface area contributed by atoms with E-state index in [2.05, 4.69) is 4.98 Å². The van der Waals surface area contributed by atoms with Crippen molar-refractivity contribution in [1.82, 2.24) is 9.55 Å². The molecule has 0 unspecified atom stereocenters. The highest BCUT2D eigenvalue weighted by Gasteiger charge is 2.24. The lowest BCUT2D eigenvalue weighted by molar-refractivity contribution is 0.0992. The fourth-order valence-corrected chi connectivity index (χ4v) is 2.64. The van der Waals surface area contributed by atoms with E-state index in [4.69, 9.17) is 17.3 Å². The molecule has 1 aromatic carbocycles. The second-order valence-corrected chi connectivity index (χ2v) is 6.02. The molecule has 3 N–H and O–H groups in total. The minimum atomic E-state index is -1.26. The van der Waals surface area contributed by atoms with Crippen molar-refractivity contribution in [2.75, 3.05) is 17.7 Å². The van der Waals surface area contributed by atoms with Gasteiger partial charge < -0.3 is 10.6 Å². The number of halogens is 3. The molecule has 10 heteroatoms. The third-order valence-electron chi connectivity index (χ3n) is 3.83. The molecule has 0 aliphatic carbocycles. The number of anilines is 2. The number of amides is 1. The van der Waals surface area contributed by atoms with Crippen LogP contribution in [0.3, 0.4) is 0 Å². The molecule has 1 aromatic heterocycles. The van der Waals surface area contributed by atoms with Gasteiger partial charge in [0.05, 0.1) is 10.6 Å². The Morgan fingerprint density at radius 1 is 1.31 bits per heavy atom. The minimum Gasteiger partial charge on any atom is -0.383 e. The van der Waals surface area contributed by atoms with Crippen molar-refractivity contribution in [3.05, 3.63) is 55.2 Å². The summed E-state index contributed by atoms with van der Waals surface area (Å²) in [4.78, 5) is 39.6. The number of benzene rings is 1. The lowest BCUT2D eigenvalue weighted by Crippen LogP contribution is -2.39. The van der Waals surface area contributed by atoms with Gasteiger partial charge in [-0.25, -0.2) is 13.6 Å². The highest BCUT2D eigenvalue weighted by atomic mass is 35.5. The zero-order valence-corrected chi connectivity index (χ0v) is 14.9. The van der Waals surface area contributed by atoms with Crippen molar-refractivity contribution < 1.29 is 13.6 Å². The number of rotatable bonds is 5. The molecule has 1 amide bonds. The van der Waals surface area contributed by atoms with Crippen LogP contribution in [-0.2, 0) is 6.54 Å². The monoisotopic (exact) mass is 386 g/mol. The molecule has 0 atom stereocenters. The van der Waals surface area contributed by atoms with Crippen LogP contribution in [0, 0.1) is 11.6 Å². The Balaban J connectivity index is 2.54. The molecule has 7 nitrogen and oxygen atoms in total. The summed E-state index contributed by atoms with van der Waals surface area (Å²) in [6.45, 7) is 2.16. The molecule has 1 heterocycles. The van der Waals surface area contributed by atoms with Crippen LogP contribution in [-0.4, -0.2) is 22.5 Å². The van der Waals surface area contributed by atoms with E-state index in [9.17, 15) is 23.2 Å². The number of aromatic amines is 1. The quantitative estimate of drug-likeness (QED) is 0.768. The van der Waals surface area contributed by atoms with Gasteiger partial charge in [-0.2, -0.15) is 0 Å². The maximum absolute atomic E-state index is 13.5. The summed E-state index contributed by atoms with van der Waals surface area (Å²) >= 11 is 5.81. The Hall–Kier alpha value is -2.68. The maximum atomic E-state index is 13.5. The Labute approximate surface area is 152 Å². The topological polar surface area (TPSA) is 101 Å². The van der Waals surface area contributed by atoms with E-state index in [1.165, 1.54) is 7.05 Å². The van der Waals surface area contributed by atoms with E-state index in [1.54, 1.807) is 0 Å². The van der Waals surface area contributed by atoms with Crippen LogP contribution < -0.4 is 21.9 Å². The van der Waals surface area contributed by atoms with Gasteiger partial charge in [0, 0.05) is 13.6 Å². The Morgan fingerprint density at radius 3 is 2.54 bits per heavy atom. The zero-order chi connectivity index (χ0) is 19.6. The van der Waals surface area contributed by atoms with Gasteiger partial charge in [0.2, 0.25) is 0 Å². The van der Waals surface area contributed by atoms with Crippen molar-refractivity contribution in [1.29, 1.82) is 0 Å². The third kappa shape index (κ3) is 3.62. The van der Waals surface area contributed by atoms with Crippen LogP contribution in [0.4, 0.5) is 20.3 Å². The maximum Gasteiger partial charge on any atom is 0.330 e. The summed E-state index contributed by atoms with van der Waals surface area (Å²) in [5.74, 6) is -3.56. The van der Waals surface area contributed by atoms with Gasteiger partial charge in [-0.15, -0.1) is 0 Å². The van der Waals surface area contributed by atoms with Crippen molar-refractivity contribution >= 4 is 29.0 Å². The summed E-state index contributed by atoms with van der Waals surface area (Å²) in [5, 5.41) is -0.324. The van der Waals surface area contributed by atoms with Gasteiger partial charge in [-0.1, -0.05) is 24.9 Å². The molecule has 26 heavy (non-hydrogen) atoms. The van der Waals surface area contributed by atoms with E-state index < -0.39 is 28.8 Å². The van der Waals surface area contributed by atoms with E-state index >= 15 is 0 Å². The molecule has 2 rings (SSSR count). The molecule has 0 aliphatic heterocycles. The fourth-order valence-electron chi connectivity index (χ4n) is 2.41. The Kier molecular flexibility index (Phi) is 5.81. The molecule has 0 fully saturated rings. The molecule has 0 spiro atoms. The number of hydrogen-bond acceptors (Lipinski definition) is 4. The number of aromatic nitrogens is 2. The van der Waals surface area contributed by atoms with Crippen molar-refractivity contribution in [2.45, 2.75) is 26.3 Å². The number of unbranched alkanes of at least 4 members (excludes halogenated alkanes) is 1. The molecule has 0 bridgehead atoms. The first kappa shape index (κ1) is 19.6. The number of hydrogen-bond donors (Lipinski definition) is 2. The number of carbonyl (C=O) groups excluding carboxylic acids is 1. The lowest BCUT2D eigenvalue weighted by atomic mass is 10.2. The second kappa shape index (κ2) is 7.69. The summed E-state index contributed by atoms with van der Waals surface area (Å²) in [6.07, 6.45) is 1.40. The van der Waals surface area contributed by atoms with Gasteiger partial charge in [0.15, 0.2) is 17.3 Å². The Morgan fingerprint density at radius 2 is 1.92 bits per heavy atom. The standard InChI is InChI=1S/C16H17ClF2N4O3/c1-3-4-5-23-13(20)12(14(24)21-16(23)26)22(2)15(25)8-6-10(18)11(19)7-9(8)17/h6-7H,3-5,20H2,1-2H3,(H,21,24,26). The summed E-state index contributed by atoms with van der Waals surface area (Å²) in [7, 11) is 1.22. The molecular weight excluding hydrogens is 370 g/mol. The molecule has 0 saturated heterocycles. The van der Waals surface area contributed by atoms with Crippen molar-refractivity contribution in [3.8, 4) is 0 Å². The predicted molar refractivity (Wildman–Crippen MR) is 94.7 cm³/mol. The lowest BCUT2D eigenvalue weighted by Gasteiger charge is -2.21. The first-order chi connectivity index (χ1) is 12.2. The van der Waals surface area contributed by atoms with Gasteiger partial charge in [0.1, 0.15) is 5.82 Å². The largest absolute Gasteiger partial charge is 0.383 e. The van der Waals surface area contributed by atoms with Crippen LogP contribution in [0.2, 0.25) is 5.02 Å². The van der Waals surface area contributed by atoms with Crippen LogP contribution in [0.1, 0.15) is 30.1 Å². The van der Waals surface area contributed by atoms with Crippen LogP contribution in [0.25, 0.3) is 0 Å². The predicted octanol–water partition coefficient (Wildman–Crippen LogP) is 2.13. The van der Waals surface area contributed by atoms with Crippen molar-refractivity contribution in [2.24, 2.45) is 0 Å². The highest BCUT2D eigenvalue weighted by molar-refractivity contribution is 6.34. The molecule has 2 aromatic rings. The van der Waals surface area contributed by atoms with E-state index in [0.717, 1.165) is 15.9 Å². The number of nitrogens with zero attached hydrogens (tertiary/aromatic N) is 2. The first-order valence-corrected chi connectivity index (χ1v) is 8.12. The van der Waals surface area contributed by atoms with E-state index in [-0.39, 0.29) is 28.6 Å². The van der Waals surface area contributed by atoms with Crippen LogP contribution in [0.15, 0.2) is 21.7 Å². The molecular formula is C16H17ClF2N4O3. The fraction of sp³-hybridized carbons (Fsp3) is 0.312. The van der Waals surface area contributed by atoms with Crippen LogP contribution in [0.5, 0.6) is 0 Å². The number of carbonyl (C=O) groups is 1. The van der Waals surface area contributed by atoms with Gasteiger partial charge in [-0.05, 0) is 18.6 Å². The summed E-state index contributed by atoms with van der Waals surface area (Å²) < 4.78 is 27.8. The SMILES string of the molecule is CCCCn1c(N)c(N(C)C(=O)c2cc(F)c(F)cc2Cl)c(=O)[nH]c1=O. The summed E-state index contributed by atoms with van der Waals surface area (Å²) in [5.41, 5.74) is 3.70. The van der Waals surface area contributed by atoms with E-state index in [1.807, 2.05) is 6.92 Å². The van der Waals surface area contributed by atoms with Gasteiger partial charge >= 0.3 is 5.69 Å². The number of nitrogen functional groups attached to an aromatic ring is 1. The first-order valence-electron chi connectivity index (χ1n) is 7.74. The average molecular weight is 387 g/mol. The molecule has 0 saturated carbocycles. The van der Waals surface area contributed by atoms with E-state index in [0.29, 0.717) is 18.6 Å². The molecule has 140 valence electrons. The van der Waals surface area contributed by atoms with Gasteiger partial charge in [0.25, 0.3) is 11.5 Å². The van der Waals surface area contributed by atoms with Crippen molar-refractivity contribution in [3.63, 3.8) is 0 Å². The average Bonchev–Trinajstić information content (AvgIpc) is 2.57. The zero-order valence-electron chi connectivity index (χ0n) is 14.1. The number of nitrogens with two attached hydrogens (primary N) is 1.